The second-order valence-corrected chi connectivity index (χ2v) is 14.6. The van der Waals surface area contributed by atoms with Gasteiger partial charge in [0.25, 0.3) is 0 Å². The van der Waals surface area contributed by atoms with Crippen molar-refractivity contribution >= 4 is 66.3 Å². The van der Waals surface area contributed by atoms with E-state index in [4.69, 9.17) is 4.98 Å². The van der Waals surface area contributed by atoms with Gasteiger partial charge in [0.05, 0.1) is 22.5 Å². The summed E-state index contributed by atoms with van der Waals surface area (Å²) in [5, 5.41) is 4.95. The first-order valence-electron chi connectivity index (χ1n) is 18.2. The summed E-state index contributed by atoms with van der Waals surface area (Å²) in [6, 6.07) is 52.6. The van der Waals surface area contributed by atoms with Crippen LogP contribution in [0, 0.1) is 12.1 Å². The Morgan fingerprint density at radius 2 is 1.36 bits per heavy atom. The van der Waals surface area contributed by atoms with Crippen LogP contribution in [0.3, 0.4) is 0 Å². The van der Waals surface area contributed by atoms with E-state index in [-0.39, 0.29) is 26.5 Å². The average Bonchev–Trinajstić information content (AvgIpc) is 3.84. The van der Waals surface area contributed by atoms with Gasteiger partial charge in [0.1, 0.15) is 11.8 Å². The monoisotopic (exact) mass is 892 g/mol. The minimum absolute atomic E-state index is 0. The standard InChI is InChI=1S/C48H32FN5.Pt/c1-48(2)39-18-7-9-20-42(39)53(32-13-4-3-5-14-32)44-28-37-36-17-11-23-50-47(36)54(43(37)29-40(44)48)33-15-10-12-30(26-33)45(49)31-21-22-34-35-16-6-8-19-41(35)52-25-24-51-46(52)38(34)27-31;/h3-25,28-29,45H,1-2H3;/q-2;+2. The Kier molecular flexibility index (Phi) is 7.59. The third-order valence-electron chi connectivity index (χ3n) is 11.3. The second-order valence-electron chi connectivity index (χ2n) is 14.6. The summed E-state index contributed by atoms with van der Waals surface area (Å²) in [5.41, 5.74) is 10.8. The molecule has 0 spiro atoms. The summed E-state index contributed by atoms with van der Waals surface area (Å²) in [5.74, 6) is 0. The molecule has 0 bridgehead atoms. The maximum atomic E-state index is 16.8. The van der Waals surface area contributed by atoms with E-state index in [0.29, 0.717) is 11.1 Å². The van der Waals surface area contributed by atoms with Crippen LogP contribution in [-0.4, -0.2) is 18.9 Å². The van der Waals surface area contributed by atoms with Crippen LogP contribution in [0.15, 0.2) is 152 Å². The number of nitrogens with zero attached hydrogens (tertiary/aromatic N) is 5. The van der Waals surface area contributed by atoms with Gasteiger partial charge in [0, 0.05) is 46.0 Å². The van der Waals surface area contributed by atoms with Gasteiger partial charge in [-0.2, -0.15) is 18.2 Å². The predicted molar refractivity (Wildman–Crippen MR) is 216 cm³/mol. The Balaban J connectivity index is 0.00000372. The number of imidazole rings is 1. The van der Waals surface area contributed by atoms with Crippen molar-refractivity contribution in [2.75, 3.05) is 4.90 Å². The van der Waals surface area contributed by atoms with Crippen LogP contribution in [0.5, 0.6) is 0 Å². The van der Waals surface area contributed by atoms with Gasteiger partial charge in [-0.25, -0.2) is 9.37 Å². The molecule has 5 nitrogen and oxygen atoms in total. The Bertz CT molecular complexity index is 3130. The molecule has 1 atom stereocenters. The average molecular weight is 893 g/mol. The van der Waals surface area contributed by atoms with Crippen LogP contribution in [0.25, 0.3) is 54.9 Å². The maximum absolute atomic E-state index is 16.8. The minimum Gasteiger partial charge on any atom is -0.340 e. The molecule has 0 aliphatic carbocycles. The fourth-order valence-corrected chi connectivity index (χ4v) is 8.71. The summed E-state index contributed by atoms with van der Waals surface area (Å²) >= 11 is 0. The summed E-state index contributed by atoms with van der Waals surface area (Å²) in [6.45, 7) is 4.59. The van der Waals surface area contributed by atoms with Gasteiger partial charge in [-0.1, -0.05) is 90.5 Å². The number of aromatic nitrogens is 4. The van der Waals surface area contributed by atoms with E-state index in [2.05, 4.69) is 125 Å². The number of halogens is 1. The van der Waals surface area contributed by atoms with Crippen LogP contribution >= 0.6 is 0 Å². The molecule has 4 aromatic heterocycles. The Hall–Kier alpha value is -6.10. The zero-order chi connectivity index (χ0) is 36.1. The van der Waals surface area contributed by atoms with E-state index >= 15 is 4.39 Å². The van der Waals surface area contributed by atoms with Crippen LogP contribution in [-0.2, 0) is 26.5 Å². The molecule has 11 rings (SSSR count). The molecule has 7 heteroatoms. The number of alkyl halides is 1. The zero-order valence-corrected chi connectivity index (χ0v) is 32.2. The van der Waals surface area contributed by atoms with E-state index in [1.165, 1.54) is 16.8 Å². The molecule has 0 saturated carbocycles. The van der Waals surface area contributed by atoms with Gasteiger partial charge in [0.15, 0.2) is 0 Å². The number of para-hydroxylation sites is 3. The van der Waals surface area contributed by atoms with E-state index in [1.54, 1.807) is 12.3 Å². The number of rotatable bonds is 4. The second kappa shape index (κ2) is 12.5. The number of benzene rings is 6. The fraction of sp³-hybridized carbons (Fsp3) is 0.0833. The first-order valence-corrected chi connectivity index (χ1v) is 18.2. The molecule has 5 heterocycles. The van der Waals surface area contributed by atoms with Crippen molar-refractivity contribution in [1.82, 2.24) is 18.9 Å². The molecule has 0 N–H and O–H groups in total. The maximum Gasteiger partial charge on any atom is 2.00 e. The molecular weight excluding hydrogens is 861 g/mol. The van der Waals surface area contributed by atoms with Gasteiger partial charge in [-0.05, 0) is 65.0 Å². The van der Waals surface area contributed by atoms with Crippen LogP contribution < -0.4 is 4.90 Å². The van der Waals surface area contributed by atoms with Crippen molar-refractivity contribution in [2.45, 2.75) is 25.4 Å². The molecule has 6 aromatic carbocycles. The molecule has 55 heavy (non-hydrogen) atoms. The number of hydrogen-bond acceptors (Lipinski definition) is 3. The van der Waals surface area contributed by atoms with E-state index in [0.717, 1.165) is 66.3 Å². The van der Waals surface area contributed by atoms with Crippen LogP contribution in [0.1, 0.15) is 42.3 Å². The minimum atomic E-state index is -1.46. The van der Waals surface area contributed by atoms with Gasteiger partial charge < -0.3 is 13.9 Å². The third-order valence-corrected chi connectivity index (χ3v) is 11.3. The molecule has 0 saturated heterocycles. The first kappa shape index (κ1) is 33.5. The van der Waals surface area contributed by atoms with Crippen molar-refractivity contribution in [3.05, 3.63) is 186 Å². The summed E-state index contributed by atoms with van der Waals surface area (Å²) < 4.78 is 21.0. The summed E-state index contributed by atoms with van der Waals surface area (Å²) in [4.78, 5) is 11.9. The largest absolute Gasteiger partial charge is 2.00 e. The van der Waals surface area contributed by atoms with Gasteiger partial charge >= 0.3 is 21.1 Å². The molecule has 10 aromatic rings. The van der Waals surface area contributed by atoms with Crippen LogP contribution in [0.4, 0.5) is 21.5 Å². The normalized spacial score (nSPS) is 14.0. The Morgan fingerprint density at radius 3 is 2.25 bits per heavy atom. The third kappa shape index (κ3) is 4.87. The van der Waals surface area contributed by atoms with Gasteiger partial charge in [-0.15, -0.1) is 29.8 Å². The Morgan fingerprint density at radius 1 is 0.600 bits per heavy atom. The molecule has 0 fully saturated rings. The zero-order valence-electron chi connectivity index (χ0n) is 29.9. The van der Waals surface area contributed by atoms with Gasteiger partial charge in [-0.3, -0.25) is 4.98 Å². The van der Waals surface area contributed by atoms with Crippen molar-refractivity contribution in [2.24, 2.45) is 0 Å². The molecule has 1 unspecified atom stereocenters. The van der Waals surface area contributed by atoms with Crippen molar-refractivity contribution < 1.29 is 25.5 Å². The number of hydrogen-bond donors (Lipinski definition) is 0. The summed E-state index contributed by atoms with van der Waals surface area (Å²) in [7, 11) is 0. The molecule has 1 aliphatic rings. The smallest absolute Gasteiger partial charge is 0.340 e. The Labute approximate surface area is 331 Å². The summed E-state index contributed by atoms with van der Waals surface area (Å²) in [6.07, 6.45) is 4.08. The topological polar surface area (TPSA) is 38.4 Å². The van der Waals surface area contributed by atoms with E-state index in [1.807, 2.05) is 59.3 Å². The quantitative estimate of drug-likeness (QED) is 0.131. The van der Waals surface area contributed by atoms with Crippen molar-refractivity contribution in [1.29, 1.82) is 0 Å². The first-order chi connectivity index (χ1) is 26.5. The molecule has 0 amide bonds. The molecule has 0 radical (unpaired) electrons. The molecule has 266 valence electrons. The number of fused-ring (bicyclic) bond motifs is 11. The number of anilines is 3. The predicted octanol–water partition coefficient (Wildman–Crippen LogP) is 11.9. The number of pyridine rings is 2. The van der Waals surface area contributed by atoms with E-state index < -0.39 is 6.17 Å². The SMILES string of the molecule is CC1(C)c2ccccc2N(c2ccccc2)c2cc3c4cccnc4n(-c4[c-]c(C(F)c5[c-]c6c(cc5)c5ccccc5n5ccnc65)ccc4)c3cc21.[Pt+2]. The molecular formula is C48H32FN5Pt. The van der Waals surface area contributed by atoms with Crippen molar-refractivity contribution in [3.8, 4) is 5.69 Å². The fourth-order valence-electron chi connectivity index (χ4n) is 8.71. The van der Waals surface area contributed by atoms with Gasteiger partial charge in [0.2, 0.25) is 0 Å². The van der Waals surface area contributed by atoms with E-state index in [9.17, 15) is 0 Å². The van der Waals surface area contributed by atoms with Crippen LogP contribution in [0.2, 0.25) is 0 Å². The molecule has 1 aliphatic heterocycles. The van der Waals surface area contributed by atoms with Crippen molar-refractivity contribution in [3.63, 3.8) is 0 Å².